The molecule has 1 aliphatic rings. The van der Waals surface area contributed by atoms with Crippen LogP contribution in [0.1, 0.15) is 37.2 Å². The number of rotatable bonds is 5. The van der Waals surface area contributed by atoms with Gasteiger partial charge in [-0.1, -0.05) is 0 Å². The fourth-order valence-corrected chi connectivity index (χ4v) is 2.64. The molecule has 116 valence electrons. The summed E-state index contributed by atoms with van der Waals surface area (Å²) in [7, 11) is 0. The molecule has 2 N–H and O–H groups in total. The van der Waals surface area contributed by atoms with Gasteiger partial charge in [-0.05, 0) is 45.7 Å². The van der Waals surface area contributed by atoms with Crippen LogP contribution in [0.2, 0.25) is 0 Å². The molecule has 1 aliphatic heterocycles. The van der Waals surface area contributed by atoms with Crippen molar-refractivity contribution < 1.29 is 9.72 Å². The first kappa shape index (κ1) is 15.5. The summed E-state index contributed by atoms with van der Waals surface area (Å²) in [6, 6.07) is 1.37. The topological polar surface area (TPSA) is 91.3 Å². The van der Waals surface area contributed by atoms with Crippen molar-refractivity contribution in [1.82, 2.24) is 15.2 Å². The highest BCUT2D eigenvalue weighted by Gasteiger charge is 2.25. The molecule has 0 radical (unpaired) electrons. The SMILES string of the molecule is CC(C)N(CC1CCNCC1)C(=O)c1cc([N+](=O)[O-])c[nH]1. The maximum atomic E-state index is 12.6. The lowest BCUT2D eigenvalue weighted by Gasteiger charge is -2.32. The summed E-state index contributed by atoms with van der Waals surface area (Å²) in [5.74, 6) is 0.319. The highest BCUT2D eigenvalue weighted by Crippen LogP contribution is 2.19. The van der Waals surface area contributed by atoms with Crippen molar-refractivity contribution in [3.63, 3.8) is 0 Å². The van der Waals surface area contributed by atoms with Crippen LogP contribution in [0.3, 0.4) is 0 Å². The van der Waals surface area contributed by atoms with E-state index in [1.807, 2.05) is 13.8 Å². The third-order valence-electron chi connectivity index (χ3n) is 3.91. The number of aromatic amines is 1. The van der Waals surface area contributed by atoms with Crippen LogP contribution in [-0.2, 0) is 0 Å². The van der Waals surface area contributed by atoms with Gasteiger partial charge in [0.15, 0.2) is 0 Å². The molecule has 2 heterocycles. The van der Waals surface area contributed by atoms with Crippen molar-refractivity contribution in [2.24, 2.45) is 5.92 Å². The van der Waals surface area contributed by atoms with E-state index in [2.05, 4.69) is 10.3 Å². The summed E-state index contributed by atoms with van der Waals surface area (Å²) in [6.45, 7) is 6.61. The molecule has 1 amide bonds. The van der Waals surface area contributed by atoms with Gasteiger partial charge in [-0.2, -0.15) is 0 Å². The average molecular weight is 294 g/mol. The number of nitrogens with zero attached hydrogens (tertiary/aromatic N) is 2. The van der Waals surface area contributed by atoms with Crippen molar-refractivity contribution in [2.75, 3.05) is 19.6 Å². The standard InChI is InChI=1S/C14H22N4O3/c1-10(2)17(9-11-3-5-15-6-4-11)14(19)13-7-12(8-16-13)18(20)21/h7-8,10-11,15-16H,3-6,9H2,1-2H3. The van der Waals surface area contributed by atoms with Gasteiger partial charge in [0.05, 0.1) is 11.1 Å². The van der Waals surface area contributed by atoms with Crippen molar-refractivity contribution in [3.8, 4) is 0 Å². The second kappa shape index (κ2) is 6.71. The van der Waals surface area contributed by atoms with Gasteiger partial charge in [0.2, 0.25) is 0 Å². The Morgan fingerprint density at radius 1 is 1.48 bits per heavy atom. The Morgan fingerprint density at radius 2 is 2.14 bits per heavy atom. The highest BCUT2D eigenvalue weighted by atomic mass is 16.6. The zero-order valence-corrected chi connectivity index (χ0v) is 12.5. The Kier molecular flexibility index (Phi) is 4.95. The number of nitro groups is 1. The first-order valence-electron chi connectivity index (χ1n) is 7.33. The summed E-state index contributed by atoms with van der Waals surface area (Å²) in [5, 5.41) is 14.0. The second-order valence-electron chi connectivity index (χ2n) is 5.77. The highest BCUT2D eigenvalue weighted by molar-refractivity contribution is 5.93. The summed E-state index contributed by atoms with van der Waals surface area (Å²) >= 11 is 0. The number of piperidine rings is 1. The maximum absolute atomic E-state index is 12.6. The van der Waals surface area contributed by atoms with Gasteiger partial charge < -0.3 is 15.2 Å². The van der Waals surface area contributed by atoms with E-state index in [1.54, 1.807) is 4.90 Å². The van der Waals surface area contributed by atoms with Crippen LogP contribution < -0.4 is 5.32 Å². The molecule has 0 spiro atoms. The van der Waals surface area contributed by atoms with Gasteiger partial charge in [-0.15, -0.1) is 0 Å². The Bertz CT molecular complexity index is 506. The fraction of sp³-hybridized carbons (Fsp3) is 0.643. The van der Waals surface area contributed by atoms with Crippen molar-refractivity contribution >= 4 is 11.6 Å². The lowest BCUT2D eigenvalue weighted by atomic mass is 9.97. The number of H-pyrrole nitrogens is 1. The quantitative estimate of drug-likeness (QED) is 0.639. The van der Waals surface area contributed by atoms with E-state index in [0.29, 0.717) is 12.5 Å². The maximum Gasteiger partial charge on any atom is 0.287 e. The summed E-state index contributed by atoms with van der Waals surface area (Å²) in [4.78, 5) is 27.3. The number of hydrogen-bond donors (Lipinski definition) is 2. The van der Waals surface area contributed by atoms with E-state index >= 15 is 0 Å². The molecule has 0 bridgehead atoms. The zero-order chi connectivity index (χ0) is 15.4. The minimum atomic E-state index is -0.500. The van der Waals surface area contributed by atoms with Gasteiger partial charge in [-0.3, -0.25) is 14.9 Å². The fourth-order valence-electron chi connectivity index (χ4n) is 2.64. The number of nitrogens with one attached hydrogen (secondary N) is 2. The Balaban J connectivity index is 2.08. The molecular formula is C14H22N4O3. The third kappa shape index (κ3) is 3.81. The average Bonchev–Trinajstić information content (AvgIpc) is 2.95. The Labute approximate surface area is 123 Å². The minimum absolute atomic E-state index is 0.0646. The van der Waals surface area contributed by atoms with E-state index in [1.165, 1.54) is 12.3 Å². The van der Waals surface area contributed by atoms with E-state index in [9.17, 15) is 14.9 Å². The number of hydrogen-bond acceptors (Lipinski definition) is 4. The first-order chi connectivity index (χ1) is 9.99. The van der Waals surface area contributed by atoms with Crippen LogP contribution in [0.25, 0.3) is 0 Å². The third-order valence-corrected chi connectivity index (χ3v) is 3.91. The molecular weight excluding hydrogens is 272 g/mol. The second-order valence-corrected chi connectivity index (χ2v) is 5.77. The van der Waals surface area contributed by atoms with Crippen LogP contribution in [-0.4, -0.2) is 46.4 Å². The van der Waals surface area contributed by atoms with Gasteiger partial charge in [0.25, 0.3) is 11.6 Å². The largest absolute Gasteiger partial charge is 0.351 e. The number of aromatic nitrogens is 1. The predicted molar refractivity (Wildman–Crippen MR) is 79.2 cm³/mol. The zero-order valence-electron chi connectivity index (χ0n) is 12.5. The summed E-state index contributed by atoms with van der Waals surface area (Å²) in [5.41, 5.74) is 0.202. The van der Waals surface area contributed by atoms with E-state index in [4.69, 9.17) is 0 Å². The lowest BCUT2D eigenvalue weighted by Crippen LogP contribution is -2.43. The van der Waals surface area contributed by atoms with Crippen molar-refractivity contribution in [2.45, 2.75) is 32.7 Å². The molecule has 2 rings (SSSR count). The van der Waals surface area contributed by atoms with Crippen LogP contribution >= 0.6 is 0 Å². The van der Waals surface area contributed by atoms with Gasteiger partial charge in [-0.25, -0.2) is 0 Å². The Morgan fingerprint density at radius 3 is 2.67 bits per heavy atom. The normalized spacial score (nSPS) is 16.1. The van der Waals surface area contributed by atoms with Crippen molar-refractivity contribution in [3.05, 3.63) is 28.1 Å². The molecule has 0 saturated carbocycles. The van der Waals surface area contributed by atoms with E-state index in [-0.39, 0.29) is 23.3 Å². The minimum Gasteiger partial charge on any atom is -0.351 e. The van der Waals surface area contributed by atoms with Crippen LogP contribution in [0.4, 0.5) is 5.69 Å². The van der Waals surface area contributed by atoms with E-state index < -0.39 is 4.92 Å². The molecule has 0 unspecified atom stereocenters. The summed E-state index contributed by atoms with van der Waals surface area (Å²) in [6.07, 6.45) is 3.37. The molecule has 21 heavy (non-hydrogen) atoms. The molecule has 0 atom stereocenters. The van der Waals surface area contributed by atoms with Gasteiger partial charge in [0.1, 0.15) is 5.69 Å². The first-order valence-corrected chi connectivity index (χ1v) is 7.33. The molecule has 0 aliphatic carbocycles. The summed E-state index contributed by atoms with van der Waals surface area (Å²) < 4.78 is 0. The van der Waals surface area contributed by atoms with E-state index in [0.717, 1.165) is 25.9 Å². The molecule has 1 fully saturated rings. The monoisotopic (exact) mass is 294 g/mol. The molecule has 1 aromatic heterocycles. The number of carbonyl (C=O) groups is 1. The van der Waals surface area contributed by atoms with Crippen molar-refractivity contribution in [1.29, 1.82) is 0 Å². The van der Waals surface area contributed by atoms with Crippen LogP contribution in [0.15, 0.2) is 12.3 Å². The molecule has 0 aromatic carbocycles. The Hall–Kier alpha value is -1.89. The smallest absolute Gasteiger partial charge is 0.287 e. The number of amides is 1. The van der Waals surface area contributed by atoms with Crippen LogP contribution in [0, 0.1) is 16.0 Å². The predicted octanol–water partition coefficient (Wildman–Crippen LogP) is 1.77. The molecule has 7 heteroatoms. The molecule has 1 aromatic rings. The molecule has 7 nitrogen and oxygen atoms in total. The van der Waals surface area contributed by atoms with Gasteiger partial charge in [0, 0.05) is 18.7 Å². The molecule has 1 saturated heterocycles. The number of carbonyl (C=O) groups excluding carboxylic acids is 1. The van der Waals surface area contributed by atoms with Gasteiger partial charge >= 0.3 is 0 Å². The van der Waals surface area contributed by atoms with Crippen LogP contribution in [0.5, 0.6) is 0 Å². The lowest BCUT2D eigenvalue weighted by molar-refractivity contribution is -0.384.